The predicted molar refractivity (Wildman–Crippen MR) is 134 cm³/mol. The Morgan fingerprint density at radius 2 is 1.69 bits per heavy atom. The molecule has 0 aromatic heterocycles. The number of anilines is 1. The summed E-state index contributed by atoms with van der Waals surface area (Å²) in [5.41, 5.74) is 1.01. The lowest BCUT2D eigenvalue weighted by atomic mass is 9.86. The highest BCUT2D eigenvalue weighted by Gasteiger charge is 2.32. The van der Waals surface area contributed by atoms with Crippen molar-refractivity contribution in [1.29, 1.82) is 0 Å². The van der Waals surface area contributed by atoms with Gasteiger partial charge in [-0.15, -0.1) is 0 Å². The Morgan fingerprint density at radius 1 is 1.00 bits per heavy atom. The van der Waals surface area contributed by atoms with E-state index in [2.05, 4.69) is 10.3 Å². The average Bonchev–Trinajstić information content (AvgIpc) is 2.81. The lowest BCUT2D eigenvalue weighted by Crippen LogP contribution is -2.18. The molecule has 36 heavy (non-hydrogen) atoms. The molecule has 190 valence electrons. The van der Waals surface area contributed by atoms with Gasteiger partial charge in [0.1, 0.15) is 6.29 Å². The first kappa shape index (κ1) is 25.8. The molecule has 0 spiro atoms. The normalized spacial score (nSPS) is 15.2. The van der Waals surface area contributed by atoms with E-state index in [9.17, 15) is 30.7 Å². The number of carbonyl (C=O) groups is 1. The van der Waals surface area contributed by atoms with E-state index < -0.39 is 30.0 Å². The van der Waals surface area contributed by atoms with Crippen molar-refractivity contribution >= 4 is 48.8 Å². The minimum absolute atomic E-state index is 0.0353. The van der Waals surface area contributed by atoms with Gasteiger partial charge in [0.2, 0.25) is 0 Å². The number of rotatable bonds is 7. The molecule has 1 aromatic carbocycles. The van der Waals surface area contributed by atoms with Crippen molar-refractivity contribution in [3.63, 3.8) is 0 Å². The summed E-state index contributed by atoms with van der Waals surface area (Å²) in [5, 5.41) is 2.99. The van der Waals surface area contributed by atoms with Crippen molar-refractivity contribution in [2.24, 2.45) is 4.99 Å². The van der Waals surface area contributed by atoms with Gasteiger partial charge in [0.15, 0.2) is 21.1 Å². The number of nitrogens with one attached hydrogen (secondary N) is 1. The van der Waals surface area contributed by atoms with Crippen LogP contribution < -0.4 is 10.7 Å². The second-order valence-corrected chi connectivity index (χ2v) is 10.7. The zero-order valence-corrected chi connectivity index (χ0v) is 21.1. The van der Waals surface area contributed by atoms with Crippen molar-refractivity contribution in [2.75, 3.05) is 18.4 Å². The third kappa shape index (κ3) is 4.48. The van der Waals surface area contributed by atoms with Crippen LogP contribution in [-0.4, -0.2) is 45.3 Å². The van der Waals surface area contributed by atoms with Crippen LogP contribution in [0, 0.1) is 0 Å². The summed E-state index contributed by atoms with van der Waals surface area (Å²) in [6.07, 6.45) is 5.37. The largest absolute Gasteiger partial charge is 0.453 e. The Balaban J connectivity index is 2.36. The maximum Gasteiger partial charge on any atom is 0.300 e. The lowest BCUT2D eigenvalue weighted by molar-refractivity contribution is -0.104. The molecule has 0 saturated heterocycles. The third-order valence-corrected chi connectivity index (χ3v) is 7.58. The van der Waals surface area contributed by atoms with Gasteiger partial charge in [-0.05, 0) is 56.5 Å². The summed E-state index contributed by atoms with van der Waals surface area (Å²) in [6, 6.07) is 5.97. The van der Waals surface area contributed by atoms with E-state index in [-0.39, 0.29) is 39.9 Å². The number of carbonyl (C=O) groups excluding carboxylic acids is 1. The molecule has 0 bridgehead atoms. The van der Waals surface area contributed by atoms with Crippen LogP contribution >= 0.6 is 0 Å². The smallest absolute Gasteiger partial charge is 0.300 e. The first-order chi connectivity index (χ1) is 17.0. The van der Waals surface area contributed by atoms with Crippen LogP contribution in [0.2, 0.25) is 0 Å². The van der Waals surface area contributed by atoms with Gasteiger partial charge in [0.25, 0.3) is 20.2 Å². The molecule has 1 aliphatic heterocycles. The fourth-order valence-corrected chi connectivity index (χ4v) is 6.02. The van der Waals surface area contributed by atoms with Gasteiger partial charge >= 0.3 is 0 Å². The maximum absolute atomic E-state index is 12.5. The quantitative estimate of drug-likeness (QED) is 0.234. The predicted octanol–water partition coefficient (Wildman–Crippen LogP) is 3.69. The van der Waals surface area contributed by atoms with Crippen LogP contribution in [-0.2, 0) is 25.0 Å². The number of benzene rings is 2. The van der Waals surface area contributed by atoms with Gasteiger partial charge in [-0.3, -0.25) is 18.9 Å². The number of allylic oxidation sites excluding steroid dienone is 4. The Kier molecular flexibility index (Phi) is 6.88. The molecule has 2 aliphatic carbocycles. The van der Waals surface area contributed by atoms with Crippen LogP contribution in [0.3, 0.4) is 0 Å². The molecular formula is C24H24N2O8S2. The van der Waals surface area contributed by atoms with E-state index in [4.69, 9.17) is 4.42 Å². The first-order valence-electron chi connectivity index (χ1n) is 11.1. The minimum atomic E-state index is -4.90. The Labute approximate surface area is 207 Å². The van der Waals surface area contributed by atoms with E-state index >= 15 is 0 Å². The van der Waals surface area contributed by atoms with Crippen LogP contribution in [0.15, 0.2) is 61.2 Å². The van der Waals surface area contributed by atoms with Crippen molar-refractivity contribution in [3.05, 3.63) is 52.9 Å². The van der Waals surface area contributed by atoms with E-state index in [1.54, 1.807) is 38.1 Å². The van der Waals surface area contributed by atoms with Crippen LogP contribution in [0.5, 0.6) is 0 Å². The number of fused-ring (bicyclic) bond motifs is 2. The highest BCUT2D eigenvalue weighted by Crippen LogP contribution is 2.45. The molecule has 1 aromatic rings. The molecule has 0 atom stereocenters. The Hall–Kier alpha value is -3.32. The molecule has 0 radical (unpaired) electrons. The first-order valence-corrected chi connectivity index (χ1v) is 14.0. The molecular weight excluding hydrogens is 508 g/mol. The molecule has 3 N–H and O–H groups in total. The van der Waals surface area contributed by atoms with E-state index in [1.807, 2.05) is 0 Å². The molecule has 10 nitrogen and oxygen atoms in total. The monoisotopic (exact) mass is 532 g/mol. The van der Waals surface area contributed by atoms with Crippen molar-refractivity contribution < 1.29 is 35.2 Å². The lowest BCUT2D eigenvalue weighted by Gasteiger charge is -2.22. The zero-order valence-electron chi connectivity index (χ0n) is 19.5. The van der Waals surface area contributed by atoms with Gasteiger partial charge in [-0.25, -0.2) is 0 Å². The maximum atomic E-state index is 12.5. The Bertz CT molecular complexity index is 1700. The van der Waals surface area contributed by atoms with Gasteiger partial charge in [-0.2, -0.15) is 16.8 Å². The minimum Gasteiger partial charge on any atom is -0.453 e. The standard InChI is InChI=1S/C24H24N2O8S2/c1-3-25-18-11-9-16-20(15-8-6-5-7-14(15)13-27)17-10-12-19(26-4-2)24(36(31,32)33)22(17)34-21(16)23(18)35(28,29)30/h7-13,25H,3-6H2,1-2H3,(H,28,29,30)(H,31,32,33). The number of hydrogen-bond acceptors (Lipinski definition) is 8. The molecule has 4 rings (SSSR count). The molecule has 1 heterocycles. The summed E-state index contributed by atoms with van der Waals surface area (Å²) < 4.78 is 76.3. The highest BCUT2D eigenvalue weighted by atomic mass is 32.2. The van der Waals surface area contributed by atoms with E-state index in [1.165, 1.54) is 12.1 Å². The second-order valence-electron chi connectivity index (χ2n) is 8.01. The molecule has 0 unspecified atom stereocenters. The fourth-order valence-electron chi connectivity index (χ4n) is 4.43. The summed E-state index contributed by atoms with van der Waals surface area (Å²) >= 11 is 0. The summed E-state index contributed by atoms with van der Waals surface area (Å²) in [4.78, 5) is 14.8. The van der Waals surface area contributed by atoms with E-state index in [0.717, 1.165) is 0 Å². The van der Waals surface area contributed by atoms with E-state index in [0.29, 0.717) is 42.4 Å². The Morgan fingerprint density at radius 3 is 2.31 bits per heavy atom. The third-order valence-electron chi connectivity index (χ3n) is 5.74. The highest BCUT2D eigenvalue weighted by molar-refractivity contribution is 7.86. The average molecular weight is 533 g/mol. The molecule has 0 saturated carbocycles. The fraction of sp³-hybridized carbons (Fsp3) is 0.250. The van der Waals surface area contributed by atoms with Gasteiger partial charge < -0.3 is 9.73 Å². The summed E-state index contributed by atoms with van der Waals surface area (Å²) in [7, 11) is -9.79. The topological polar surface area (TPSA) is 163 Å². The van der Waals surface area contributed by atoms with Gasteiger partial charge in [-0.1, -0.05) is 12.2 Å². The van der Waals surface area contributed by atoms with Crippen LogP contribution in [0.25, 0.3) is 27.9 Å². The van der Waals surface area contributed by atoms with Crippen molar-refractivity contribution in [2.45, 2.75) is 36.5 Å². The number of aldehydes is 1. The van der Waals surface area contributed by atoms with Crippen molar-refractivity contribution in [3.8, 4) is 11.3 Å². The molecule has 12 heteroatoms. The number of hydrogen-bond donors (Lipinski definition) is 3. The molecule has 3 aliphatic rings. The summed E-state index contributed by atoms with van der Waals surface area (Å²) in [5.74, 6) is -0.357. The van der Waals surface area contributed by atoms with Crippen LogP contribution in [0.4, 0.5) is 5.69 Å². The molecule has 0 amide bonds. The molecule has 0 fully saturated rings. The van der Waals surface area contributed by atoms with Crippen LogP contribution in [0.1, 0.15) is 32.3 Å². The van der Waals surface area contributed by atoms with Crippen molar-refractivity contribution in [1.82, 2.24) is 0 Å². The zero-order chi connectivity index (χ0) is 26.3. The second kappa shape index (κ2) is 9.62. The van der Waals surface area contributed by atoms with Gasteiger partial charge in [0, 0.05) is 35.2 Å². The summed E-state index contributed by atoms with van der Waals surface area (Å²) in [6.45, 7) is 3.91. The SMILES string of the molecule is CCN=c1ccc2c(C3=CCCC=C3C=O)c3ccc(NCC)c(S(=O)(=O)O)c3oc-2c1S(=O)(=O)O. The number of nitrogens with zero attached hydrogens (tertiary/aromatic N) is 1. The van der Waals surface area contributed by atoms with Gasteiger partial charge in [0.05, 0.1) is 11.0 Å².